The number of ketones is 1. The lowest BCUT2D eigenvalue weighted by atomic mass is 9.83. The van der Waals surface area contributed by atoms with Crippen LogP contribution >= 0.6 is 0 Å². The van der Waals surface area contributed by atoms with Crippen molar-refractivity contribution in [2.24, 2.45) is 17.8 Å². The van der Waals surface area contributed by atoms with E-state index < -0.39 is 0 Å². The zero-order chi connectivity index (χ0) is 9.84. The maximum atomic E-state index is 11.8. The highest BCUT2D eigenvalue weighted by molar-refractivity contribution is 5.83. The van der Waals surface area contributed by atoms with Gasteiger partial charge in [-0.2, -0.15) is 0 Å². The first-order chi connectivity index (χ1) is 6.15. The van der Waals surface area contributed by atoms with Crippen molar-refractivity contribution >= 4 is 5.78 Å². The van der Waals surface area contributed by atoms with Crippen molar-refractivity contribution in [3.8, 4) is 0 Å². The summed E-state index contributed by atoms with van der Waals surface area (Å²) in [5.74, 6) is 1.64. The summed E-state index contributed by atoms with van der Waals surface area (Å²) in [6.45, 7) is 8.31. The average molecular weight is 183 g/mol. The monoisotopic (exact) mass is 183 g/mol. The number of rotatable bonds is 3. The van der Waals surface area contributed by atoms with E-state index in [0.29, 0.717) is 11.7 Å². The molecule has 13 heavy (non-hydrogen) atoms. The van der Waals surface area contributed by atoms with Crippen LogP contribution < -0.4 is 5.32 Å². The molecule has 2 unspecified atom stereocenters. The molecule has 76 valence electrons. The Bertz CT molecular complexity index is 179. The van der Waals surface area contributed by atoms with Gasteiger partial charge in [-0.15, -0.1) is 0 Å². The van der Waals surface area contributed by atoms with E-state index >= 15 is 0 Å². The van der Waals surface area contributed by atoms with Gasteiger partial charge in [-0.25, -0.2) is 0 Å². The third-order valence-corrected chi connectivity index (χ3v) is 3.07. The zero-order valence-corrected chi connectivity index (χ0v) is 8.97. The summed E-state index contributed by atoms with van der Waals surface area (Å²) < 4.78 is 0. The van der Waals surface area contributed by atoms with Gasteiger partial charge < -0.3 is 5.32 Å². The Labute approximate surface area is 81.1 Å². The molecule has 1 saturated heterocycles. The highest BCUT2D eigenvalue weighted by atomic mass is 16.1. The number of hydrogen-bond donors (Lipinski definition) is 1. The van der Waals surface area contributed by atoms with Gasteiger partial charge in [-0.05, 0) is 25.3 Å². The number of hydrogen-bond acceptors (Lipinski definition) is 2. The van der Waals surface area contributed by atoms with Gasteiger partial charge in [0, 0.05) is 18.4 Å². The Balaban J connectivity index is 2.46. The number of Topliss-reactive ketones (excluding diaryl/α,β-unsaturated/α-hetero) is 1. The highest BCUT2D eigenvalue weighted by Crippen LogP contribution is 2.20. The smallest absolute Gasteiger partial charge is 0.140 e. The van der Waals surface area contributed by atoms with E-state index in [-0.39, 0.29) is 11.8 Å². The predicted octanol–water partition coefficient (Wildman–Crippen LogP) is 1.85. The largest absolute Gasteiger partial charge is 0.316 e. The van der Waals surface area contributed by atoms with E-state index in [1.807, 2.05) is 6.92 Å². The topological polar surface area (TPSA) is 29.1 Å². The first-order valence-electron chi connectivity index (χ1n) is 5.39. The molecule has 0 aliphatic carbocycles. The fourth-order valence-corrected chi connectivity index (χ4v) is 1.98. The summed E-state index contributed by atoms with van der Waals surface area (Å²) in [6.07, 6.45) is 2.06. The van der Waals surface area contributed by atoms with Gasteiger partial charge in [0.1, 0.15) is 5.78 Å². The maximum absolute atomic E-state index is 11.8. The van der Waals surface area contributed by atoms with Gasteiger partial charge >= 0.3 is 0 Å². The fourth-order valence-electron chi connectivity index (χ4n) is 1.98. The number of carbonyl (C=O) groups excluding carboxylic acids is 1. The van der Waals surface area contributed by atoms with Crippen LogP contribution in [0.25, 0.3) is 0 Å². The molecule has 3 atom stereocenters. The maximum Gasteiger partial charge on any atom is 0.140 e. The molecule has 0 aromatic heterocycles. The van der Waals surface area contributed by atoms with E-state index in [9.17, 15) is 4.79 Å². The molecule has 1 N–H and O–H groups in total. The molecular weight excluding hydrogens is 162 g/mol. The SMILES string of the molecule is CCC(C)C(=O)[C@@H]1CNCC(C)C1. The lowest BCUT2D eigenvalue weighted by Gasteiger charge is -2.28. The third-order valence-electron chi connectivity index (χ3n) is 3.07. The van der Waals surface area contributed by atoms with Crippen molar-refractivity contribution in [2.75, 3.05) is 13.1 Å². The molecular formula is C11H21NO. The predicted molar refractivity (Wildman–Crippen MR) is 54.6 cm³/mol. The molecule has 0 aromatic rings. The minimum absolute atomic E-state index is 0.247. The lowest BCUT2D eigenvalue weighted by molar-refractivity contribution is -0.127. The van der Waals surface area contributed by atoms with Gasteiger partial charge in [-0.1, -0.05) is 20.8 Å². The molecule has 0 aromatic carbocycles. The van der Waals surface area contributed by atoms with Crippen molar-refractivity contribution in [1.29, 1.82) is 0 Å². The van der Waals surface area contributed by atoms with E-state index in [2.05, 4.69) is 19.2 Å². The van der Waals surface area contributed by atoms with Crippen LogP contribution in [0.4, 0.5) is 0 Å². The Morgan fingerprint density at radius 3 is 2.77 bits per heavy atom. The number of nitrogens with one attached hydrogen (secondary N) is 1. The summed E-state index contributed by atoms with van der Waals surface area (Å²) in [7, 11) is 0. The van der Waals surface area contributed by atoms with Crippen LogP contribution in [0.3, 0.4) is 0 Å². The van der Waals surface area contributed by atoms with Crippen molar-refractivity contribution in [3.05, 3.63) is 0 Å². The second kappa shape index (κ2) is 4.75. The minimum atomic E-state index is 0.247. The normalized spacial score (nSPS) is 31.3. The molecule has 1 fully saturated rings. The molecule has 0 amide bonds. The van der Waals surface area contributed by atoms with Crippen LogP contribution in [-0.2, 0) is 4.79 Å². The van der Waals surface area contributed by atoms with Crippen LogP contribution in [0.5, 0.6) is 0 Å². The van der Waals surface area contributed by atoms with Crippen molar-refractivity contribution < 1.29 is 4.79 Å². The number of piperidine rings is 1. The molecule has 0 bridgehead atoms. The van der Waals surface area contributed by atoms with E-state index in [4.69, 9.17) is 0 Å². The summed E-state index contributed by atoms with van der Waals surface area (Å²) in [4.78, 5) is 11.8. The van der Waals surface area contributed by atoms with E-state index in [1.54, 1.807) is 0 Å². The molecule has 1 aliphatic rings. The summed E-state index contributed by atoms with van der Waals surface area (Å²) in [5, 5.41) is 3.32. The molecule has 1 heterocycles. The average Bonchev–Trinajstić information content (AvgIpc) is 2.15. The zero-order valence-electron chi connectivity index (χ0n) is 8.97. The molecule has 1 aliphatic heterocycles. The van der Waals surface area contributed by atoms with Crippen LogP contribution in [0.1, 0.15) is 33.6 Å². The van der Waals surface area contributed by atoms with Gasteiger partial charge in [0.15, 0.2) is 0 Å². The second-order valence-electron chi connectivity index (χ2n) is 4.41. The first-order valence-corrected chi connectivity index (χ1v) is 5.39. The quantitative estimate of drug-likeness (QED) is 0.723. The van der Waals surface area contributed by atoms with Gasteiger partial charge in [0.25, 0.3) is 0 Å². The minimum Gasteiger partial charge on any atom is -0.316 e. The first kappa shape index (κ1) is 10.7. The van der Waals surface area contributed by atoms with Crippen molar-refractivity contribution in [1.82, 2.24) is 5.32 Å². The Kier molecular flexibility index (Phi) is 3.91. The Morgan fingerprint density at radius 2 is 2.23 bits per heavy atom. The standard InChI is InChI=1S/C11H21NO/c1-4-9(3)11(13)10-5-8(2)6-12-7-10/h8-10,12H,4-7H2,1-3H3/t8?,9?,10-/m0/s1. The van der Waals surface area contributed by atoms with Gasteiger partial charge in [0.05, 0.1) is 0 Å². The van der Waals surface area contributed by atoms with Crippen LogP contribution in [0.15, 0.2) is 0 Å². The van der Waals surface area contributed by atoms with Crippen molar-refractivity contribution in [3.63, 3.8) is 0 Å². The summed E-state index contributed by atoms with van der Waals surface area (Å²) in [5.41, 5.74) is 0. The number of carbonyl (C=O) groups is 1. The van der Waals surface area contributed by atoms with Gasteiger partial charge in [0.2, 0.25) is 0 Å². The Morgan fingerprint density at radius 1 is 1.54 bits per heavy atom. The molecule has 2 heteroatoms. The molecule has 0 saturated carbocycles. The molecule has 0 radical (unpaired) electrons. The van der Waals surface area contributed by atoms with E-state index in [0.717, 1.165) is 25.9 Å². The van der Waals surface area contributed by atoms with E-state index in [1.165, 1.54) is 0 Å². The molecule has 1 rings (SSSR count). The Hall–Kier alpha value is -0.370. The second-order valence-corrected chi connectivity index (χ2v) is 4.41. The van der Waals surface area contributed by atoms with Crippen molar-refractivity contribution in [2.45, 2.75) is 33.6 Å². The van der Waals surface area contributed by atoms with Crippen LogP contribution in [0.2, 0.25) is 0 Å². The van der Waals surface area contributed by atoms with Gasteiger partial charge in [-0.3, -0.25) is 4.79 Å². The fraction of sp³-hybridized carbons (Fsp3) is 0.909. The van der Waals surface area contributed by atoms with Crippen LogP contribution in [-0.4, -0.2) is 18.9 Å². The molecule has 2 nitrogen and oxygen atoms in total. The third kappa shape index (κ3) is 2.80. The lowest BCUT2D eigenvalue weighted by Crippen LogP contribution is -2.40. The summed E-state index contributed by atoms with van der Waals surface area (Å²) >= 11 is 0. The molecule has 0 spiro atoms. The summed E-state index contributed by atoms with van der Waals surface area (Å²) in [6, 6.07) is 0. The highest BCUT2D eigenvalue weighted by Gasteiger charge is 2.26. The van der Waals surface area contributed by atoms with Crippen LogP contribution in [0, 0.1) is 17.8 Å².